The molecule has 1 atom stereocenters. The van der Waals surface area contributed by atoms with Crippen LogP contribution >= 0.6 is 28.1 Å². The molecule has 2 heterocycles. The van der Waals surface area contributed by atoms with E-state index >= 15 is 0 Å². The number of para-hydroxylation sites is 1. The van der Waals surface area contributed by atoms with Crippen LogP contribution in [0.5, 0.6) is 5.75 Å². The van der Waals surface area contributed by atoms with Crippen molar-refractivity contribution in [1.29, 1.82) is 0 Å². The van der Waals surface area contributed by atoms with Gasteiger partial charge in [0.1, 0.15) is 16.2 Å². The molecular weight excluding hydrogens is 324 g/mol. The van der Waals surface area contributed by atoms with Crippen LogP contribution in [0.25, 0.3) is 0 Å². The first-order valence-corrected chi connectivity index (χ1v) is 7.42. The fraction of sp³-hybridized carbons (Fsp3) is 0.286. The molecule has 0 saturated heterocycles. The van der Waals surface area contributed by atoms with Crippen LogP contribution in [-0.4, -0.2) is 9.97 Å². The summed E-state index contributed by atoms with van der Waals surface area (Å²) in [5, 5.41) is 0. The van der Waals surface area contributed by atoms with Crippen LogP contribution in [0.15, 0.2) is 28.7 Å². The second-order valence-corrected chi connectivity index (χ2v) is 5.67. The van der Waals surface area contributed by atoms with Crippen molar-refractivity contribution in [3.63, 3.8) is 0 Å². The molecular formula is C14H13BrN2OS. The normalized spacial score (nSPS) is 17.1. The minimum absolute atomic E-state index is 0.0718. The van der Waals surface area contributed by atoms with Crippen molar-refractivity contribution >= 4 is 28.1 Å². The van der Waals surface area contributed by atoms with E-state index in [2.05, 4.69) is 38.9 Å². The molecule has 1 aromatic heterocycles. The summed E-state index contributed by atoms with van der Waals surface area (Å²) in [5.41, 5.74) is 2.28. The van der Waals surface area contributed by atoms with E-state index in [-0.39, 0.29) is 6.10 Å². The summed E-state index contributed by atoms with van der Waals surface area (Å²) in [4.78, 5) is 7.76. The summed E-state index contributed by atoms with van der Waals surface area (Å²) < 4.78 is 7.40. The van der Waals surface area contributed by atoms with E-state index in [1.165, 1.54) is 5.56 Å². The summed E-state index contributed by atoms with van der Waals surface area (Å²) in [6.07, 6.45) is 1.64. The molecule has 1 aromatic carbocycles. The largest absolute Gasteiger partial charge is 0.482 e. The lowest BCUT2D eigenvalue weighted by atomic mass is 10.1. The maximum Gasteiger partial charge on any atom is 0.160 e. The molecule has 0 radical (unpaired) electrons. The van der Waals surface area contributed by atoms with E-state index in [0.717, 1.165) is 34.6 Å². The molecule has 19 heavy (non-hydrogen) atoms. The molecule has 0 aliphatic carbocycles. The summed E-state index contributed by atoms with van der Waals surface area (Å²) in [5.74, 6) is 1.75. The molecule has 3 nitrogen and oxygen atoms in total. The van der Waals surface area contributed by atoms with Crippen molar-refractivity contribution < 1.29 is 4.74 Å². The minimum Gasteiger partial charge on any atom is -0.482 e. The number of aromatic nitrogens is 2. The van der Waals surface area contributed by atoms with Crippen molar-refractivity contribution in [1.82, 2.24) is 9.97 Å². The van der Waals surface area contributed by atoms with Gasteiger partial charge in [-0.25, -0.2) is 4.98 Å². The van der Waals surface area contributed by atoms with E-state index in [1.54, 1.807) is 0 Å². The zero-order valence-electron chi connectivity index (χ0n) is 10.4. The van der Waals surface area contributed by atoms with Crippen molar-refractivity contribution in [3.05, 3.63) is 50.5 Å². The number of hydrogen-bond donors (Lipinski definition) is 1. The highest BCUT2D eigenvalue weighted by molar-refractivity contribution is 9.10. The number of nitrogens with one attached hydrogen (secondary N) is 1. The van der Waals surface area contributed by atoms with E-state index in [9.17, 15) is 0 Å². The predicted octanol–water partition coefficient (Wildman–Crippen LogP) is 4.14. The first kappa shape index (κ1) is 12.8. The molecule has 0 fully saturated rings. The molecule has 0 bridgehead atoms. The van der Waals surface area contributed by atoms with Crippen molar-refractivity contribution in [3.8, 4) is 5.75 Å². The van der Waals surface area contributed by atoms with Gasteiger partial charge >= 0.3 is 0 Å². The molecule has 1 N–H and O–H groups in total. The maximum atomic E-state index is 5.93. The molecule has 1 aliphatic rings. The third-order valence-corrected chi connectivity index (χ3v) is 4.67. The number of H-pyrrole nitrogens is 1. The van der Waals surface area contributed by atoms with Gasteiger partial charge in [0.15, 0.2) is 6.10 Å². The standard InChI is InChI=1S/C14H13BrN2OS/c1-2-9-12(15)14(19)17-13(16-9)11-7-8-5-3-4-6-10(8)18-11/h3-6,11H,2,7H2,1H3,(H,16,17,19). The van der Waals surface area contributed by atoms with Crippen LogP contribution in [0.1, 0.15) is 30.1 Å². The molecule has 1 unspecified atom stereocenters. The quantitative estimate of drug-likeness (QED) is 0.837. The number of nitrogens with zero attached hydrogens (tertiary/aromatic N) is 1. The Morgan fingerprint density at radius 3 is 3.00 bits per heavy atom. The van der Waals surface area contributed by atoms with Crippen molar-refractivity contribution in [2.24, 2.45) is 0 Å². The second kappa shape index (κ2) is 5.06. The van der Waals surface area contributed by atoms with Gasteiger partial charge in [-0.05, 0) is 34.0 Å². The van der Waals surface area contributed by atoms with Gasteiger partial charge in [0.2, 0.25) is 0 Å². The zero-order chi connectivity index (χ0) is 13.4. The van der Waals surface area contributed by atoms with Crippen LogP contribution in [0.4, 0.5) is 0 Å². The number of ether oxygens (including phenoxy) is 1. The molecule has 1 aliphatic heterocycles. The van der Waals surface area contributed by atoms with Crippen LogP contribution in [0.2, 0.25) is 0 Å². The maximum absolute atomic E-state index is 5.93. The Bertz CT molecular complexity index is 658. The lowest BCUT2D eigenvalue weighted by Gasteiger charge is -2.12. The van der Waals surface area contributed by atoms with E-state index in [1.807, 2.05) is 18.2 Å². The van der Waals surface area contributed by atoms with E-state index < -0.39 is 0 Å². The topological polar surface area (TPSA) is 37.9 Å². The van der Waals surface area contributed by atoms with Crippen LogP contribution in [0, 0.1) is 4.64 Å². The lowest BCUT2D eigenvalue weighted by Crippen LogP contribution is -2.10. The number of benzene rings is 1. The molecule has 3 rings (SSSR count). The molecule has 2 aromatic rings. The van der Waals surface area contributed by atoms with Crippen LogP contribution < -0.4 is 4.74 Å². The number of fused-ring (bicyclic) bond motifs is 1. The highest BCUT2D eigenvalue weighted by atomic mass is 79.9. The van der Waals surface area contributed by atoms with Crippen LogP contribution in [-0.2, 0) is 12.8 Å². The average molecular weight is 337 g/mol. The number of hydrogen-bond acceptors (Lipinski definition) is 3. The monoisotopic (exact) mass is 336 g/mol. The summed E-state index contributed by atoms with van der Waals surface area (Å²) in [6, 6.07) is 8.09. The zero-order valence-corrected chi connectivity index (χ0v) is 12.8. The van der Waals surface area contributed by atoms with Gasteiger partial charge in [-0.2, -0.15) is 0 Å². The lowest BCUT2D eigenvalue weighted by molar-refractivity contribution is 0.227. The third kappa shape index (κ3) is 2.32. The smallest absolute Gasteiger partial charge is 0.160 e. The fourth-order valence-corrected chi connectivity index (χ4v) is 2.95. The van der Waals surface area contributed by atoms with Crippen molar-refractivity contribution in [2.75, 3.05) is 0 Å². The number of rotatable bonds is 2. The Labute approximate surface area is 125 Å². The van der Waals surface area contributed by atoms with Gasteiger partial charge < -0.3 is 9.72 Å². The number of aryl methyl sites for hydroxylation is 1. The predicted molar refractivity (Wildman–Crippen MR) is 80.0 cm³/mol. The Balaban J connectivity index is 1.98. The minimum atomic E-state index is -0.0718. The van der Waals surface area contributed by atoms with Gasteiger partial charge in [0.25, 0.3) is 0 Å². The van der Waals surface area contributed by atoms with E-state index in [0.29, 0.717) is 4.64 Å². The SMILES string of the molecule is CCc1[nH]c(C2Cc3ccccc3O2)nc(=S)c1Br. The fourth-order valence-electron chi connectivity index (χ4n) is 2.26. The highest BCUT2D eigenvalue weighted by Crippen LogP contribution is 2.35. The number of aromatic amines is 1. The van der Waals surface area contributed by atoms with Gasteiger partial charge in [0.05, 0.1) is 4.47 Å². The first-order chi connectivity index (χ1) is 9.19. The molecule has 0 spiro atoms. The van der Waals surface area contributed by atoms with Gasteiger partial charge in [-0.1, -0.05) is 37.3 Å². The van der Waals surface area contributed by atoms with Gasteiger partial charge in [-0.3, -0.25) is 0 Å². The highest BCUT2D eigenvalue weighted by Gasteiger charge is 2.26. The third-order valence-electron chi connectivity index (χ3n) is 3.26. The first-order valence-electron chi connectivity index (χ1n) is 6.22. The Hall–Kier alpha value is -1.20. The summed E-state index contributed by atoms with van der Waals surface area (Å²) in [6.45, 7) is 2.08. The van der Waals surface area contributed by atoms with E-state index in [4.69, 9.17) is 17.0 Å². The number of halogens is 1. The second-order valence-electron chi connectivity index (χ2n) is 4.49. The van der Waals surface area contributed by atoms with Crippen LogP contribution in [0.3, 0.4) is 0 Å². The molecule has 0 saturated carbocycles. The Morgan fingerprint density at radius 1 is 1.47 bits per heavy atom. The Kier molecular flexibility index (Phi) is 3.41. The van der Waals surface area contributed by atoms with Crippen molar-refractivity contribution in [2.45, 2.75) is 25.9 Å². The molecule has 98 valence electrons. The molecule has 0 amide bonds. The molecule has 5 heteroatoms. The Morgan fingerprint density at radius 2 is 2.26 bits per heavy atom. The summed E-state index contributed by atoms with van der Waals surface area (Å²) >= 11 is 8.76. The van der Waals surface area contributed by atoms with Gasteiger partial charge in [0, 0.05) is 12.1 Å². The van der Waals surface area contributed by atoms with Gasteiger partial charge in [-0.15, -0.1) is 0 Å². The average Bonchev–Trinajstić information content (AvgIpc) is 2.85. The summed E-state index contributed by atoms with van der Waals surface area (Å²) in [7, 11) is 0.